The van der Waals surface area contributed by atoms with Crippen LogP contribution in [0.5, 0.6) is 0 Å². The lowest BCUT2D eigenvalue weighted by Gasteiger charge is -2.18. The van der Waals surface area contributed by atoms with E-state index in [0.717, 1.165) is 24.4 Å². The van der Waals surface area contributed by atoms with Crippen molar-refractivity contribution in [1.82, 2.24) is 5.32 Å². The summed E-state index contributed by atoms with van der Waals surface area (Å²) < 4.78 is 1.28. The summed E-state index contributed by atoms with van der Waals surface area (Å²) in [5.41, 5.74) is 1.32. The summed E-state index contributed by atoms with van der Waals surface area (Å²) in [6.07, 6.45) is 2.25. The number of hydrogen-bond acceptors (Lipinski definition) is 1. The van der Waals surface area contributed by atoms with Crippen LogP contribution in [0.2, 0.25) is 5.02 Å². The largest absolute Gasteiger partial charge is 0.310 e. The number of benzene rings is 1. The first kappa shape index (κ1) is 13.3. The van der Waals surface area contributed by atoms with Crippen molar-refractivity contribution in [3.8, 4) is 0 Å². The molecule has 1 nitrogen and oxygen atoms in total. The maximum atomic E-state index is 6.02. The normalized spacial score (nSPS) is 12.8. The lowest BCUT2D eigenvalue weighted by Crippen LogP contribution is -2.22. The van der Waals surface area contributed by atoms with Gasteiger partial charge in [0.05, 0.1) is 0 Å². The monoisotopic (exact) mass is 337 g/mol. The van der Waals surface area contributed by atoms with E-state index in [2.05, 4.69) is 53.9 Å². The third kappa shape index (κ3) is 3.93. The van der Waals surface area contributed by atoms with Crippen LogP contribution in [0.1, 0.15) is 38.3 Å². The van der Waals surface area contributed by atoms with Crippen molar-refractivity contribution in [3.63, 3.8) is 0 Å². The molecule has 1 aromatic rings. The van der Waals surface area contributed by atoms with Gasteiger partial charge in [-0.15, -0.1) is 0 Å². The zero-order chi connectivity index (χ0) is 11.3. The minimum Gasteiger partial charge on any atom is -0.310 e. The fourth-order valence-electron chi connectivity index (χ4n) is 1.57. The van der Waals surface area contributed by atoms with Gasteiger partial charge in [-0.2, -0.15) is 0 Å². The molecule has 0 amide bonds. The van der Waals surface area contributed by atoms with Gasteiger partial charge in [-0.25, -0.2) is 0 Å². The van der Waals surface area contributed by atoms with Crippen LogP contribution >= 0.6 is 34.2 Å². The molecular formula is C12H17ClIN. The Bertz CT molecular complexity index is 314. The van der Waals surface area contributed by atoms with Gasteiger partial charge in [0, 0.05) is 14.6 Å². The average molecular weight is 338 g/mol. The fourth-order valence-corrected chi connectivity index (χ4v) is 2.47. The molecule has 0 aliphatic carbocycles. The van der Waals surface area contributed by atoms with Gasteiger partial charge in [0.2, 0.25) is 0 Å². The Morgan fingerprint density at radius 3 is 2.73 bits per heavy atom. The minimum absolute atomic E-state index is 0.426. The maximum Gasteiger partial charge on any atom is 0.0410 e. The first-order valence-electron chi connectivity index (χ1n) is 5.37. The van der Waals surface area contributed by atoms with E-state index in [1.807, 2.05) is 6.07 Å². The maximum absolute atomic E-state index is 6.02. The van der Waals surface area contributed by atoms with Crippen molar-refractivity contribution in [1.29, 1.82) is 0 Å². The molecule has 0 saturated heterocycles. The first-order valence-corrected chi connectivity index (χ1v) is 6.83. The number of nitrogens with one attached hydrogen (secondary N) is 1. The number of hydrogen-bond donors (Lipinski definition) is 1. The van der Waals surface area contributed by atoms with Gasteiger partial charge in [0.25, 0.3) is 0 Å². The lowest BCUT2D eigenvalue weighted by molar-refractivity contribution is 0.516. The van der Waals surface area contributed by atoms with Gasteiger partial charge in [-0.05, 0) is 65.7 Å². The summed E-state index contributed by atoms with van der Waals surface area (Å²) in [5.74, 6) is 0. The van der Waals surface area contributed by atoms with Crippen molar-refractivity contribution in [3.05, 3.63) is 32.4 Å². The number of halogens is 2. The second-order valence-electron chi connectivity index (χ2n) is 3.58. The predicted molar refractivity (Wildman–Crippen MR) is 75.5 cm³/mol. The van der Waals surface area contributed by atoms with Gasteiger partial charge in [0.15, 0.2) is 0 Å². The molecule has 1 unspecified atom stereocenters. The summed E-state index contributed by atoms with van der Waals surface area (Å²) >= 11 is 8.39. The SMILES string of the molecule is CCCNC(CC)c1cc(Cl)ccc1I. The lowest BCUT2D eigenvalue weighted by atomic mass is 10.0. The number of rotatable bonds is 5. The molecule has 0 aromatic heterocycles. The predicted octanol–water partition coefficient (Wildman–Crippen LogP) is 4.40. The molecule has 15 heavy (non-hydrogen) atoms. The summed E-state index contributed by atoms with van der Waals surface area (Å²) in [5, 5.41) is 4.36. The van der Waals surface area contributed by atoms with Crippen molar-refractivity contribution in [2.24, 2.45) is 0 Å². The van der Waals surface area contributed by atoms with E-state index < -0.39 is 0 Å². The van der Waals surface area contributed by atoms with Gasteiger partial charge in [-0.1, -0.05) is 25.4 Å². The fraction of sp³-hybridized carbons (Fsp3) is 0.500. The van der Waals surface area contributed by atoms with E-state index in [9.17, 15) is 0 Å². The highest BCUT2D eigenvalue weighted by atomic mass is 127. The molecule has 0 aliphatic rings. The van der Waals surface area contributed by atoms with Gasteiger partial charge < -0.3 is 5.32 Å². The van der Waals surface area contributed by atoms with Crippen LogP contribution in [-0.2, 0) is 0 Å². The quantitative estimate of drug-likeness (QED) is 0.786. The molecule has 0 bridgehead atoms. The summed E-state index contributed by atoms with van der Waals surface area (Å²) in [4.78, 5) is 0. The standard InChI is InChI=1S/C12H17ClIN/c1-3-7-15-12(4-2)10-8-9(13)5-6-11(10)14/h5-6,8,12,15H,3-4,7H2,1-2H3. The Morgan fingerprint density at radius 1 is 1.40 bits per heavy atom. The highest BCUT2D eigenvalue weighted by Gasteiger charge is 2.11. The van der Waals surface area contributed by atoms with E-state index in [1.54, 1.807) is 0 Å². The Kier molecular flexibility index (Phi) is 5.94. The van der Waals surface area contributed by atoms with Gasteiger partial charge in [-0.3, -0.25) is 0 Å². The zero-order valence-electron chi connectivity index (χ0n) is 9.19. The first-order chi connectivity index (χ1) is 7.19. The summed E-state index contributed by atoms with van der Waals surface area (Å²) in [6.45, 7) is 5.44. The smallest absolute Gasteiger partial charge is 0.0410 e. The molecule has 1 aromatic carbocycles. The molecule has 0 aliphatic heterocycles. The molecule has 84 valence electrons. The topological polar surface area (TPSA) is 12.0 Å². The average Bonchev–Trinajstić information content (AvgIpc) is 2.24. The second kappa shape index (κ2) is 6.71. The molecule has 0 radical (unpaired) electrons. The molecule has 1 N–H and O–H groups in total. The van der Waals surface area contributed by atoms with Gasteiger partial charge in [0.1, 0.15) is 0 Å². The van der Waals surface area contributed by atoms with E-state index >= 15 is 0 Å². The molecule has 1 atom stereocenters. The highest BCUT2D eigenvalue weighted by Crippen LogP contribution is 2.25. The van der Waals surface area contributed by atoms with Crippen LogP contribution in [0.25, 0.3) is 0 Å². The van der Waals surface area contributed by atoms with E-state index in [1.165, 1.54) is 9.13 Å². The van der Waals surface area contributed by atoms with Crippen LogP contribution in [0.15, 0.2) is 18.2 Å². The summed E-state index contributed by atoms with van der Waals surface area (Å²) in [7, 11) is 0. The molecule has 0 spiro atoms. The van der Waals surface area contributed by atoms with Crippen molar-refractivity contribution in [2.75, 3.05) is 6.54 Å². The molecule has 0 fully saturated rings. The third-order valence-corrected chi connectivity index (χ3v) is 3.60. The Morgan fingerprint density at radius 2 is 2.13 bits per heavy atom. The van der Waals surface area contributed by atoms with E-state index in [-0.39, 0.29) is 0 Å². The van der Waals surface area contributed by atoms with Crippen LogP contribution in [0.3, 0.4) is 0 Å². The molecule has 3 heteroatoms. The van der Waals surface area contributed by atoms with E-state index in [4.69, 9.17) is 11.6 Å². The second-order valence-corrected chi connectivity index (χ2v) is 5.18. The Balaban J connectivity index is 2.85. The van der Waals surface area contributed by atoms with Crippen LogP contribution < -0.4 is 5.32 Å². The zero-order valence-corrected chi connectivity index (χ0v) is 12.1. The van der Waals surface area contributed by atoms with Gasteiger partial charge >= 0.3 is 0 Å². The molecule has 1 rings (SSSR count). The van der Waals surface area contributed by atoms with E-state index in [0.29, 0.717) is 6.04 Å². The van der Waals surface area contributed by atoms with Crippen LogP contribution in [-0.4, -0.2) is 6.54 Å². The van der Waals surface area contributed by atoms with Crippen LogP contribution in [0, 0.1) is 3.57 Å². The third-order valence-electron chi connectivity index (χ3n) is 2.38. The summed E-state index contributed by atoms with van der Waals surface area (Å²) in [6, 6.07) is 6.52. The van der Waals surface area contributed by atoms with Crippen molar-refractivity contribution < 1.29 is 0 Å². The Labute approximate surface area is 111 Å². The van der Waals surface area contributed by atoms with Crippen molar-refractivity contribution in [2.45, 2.75) is 32.7 Å². The Hall–Kier alpha value is 0.200. The molecular weight excluding hydrogens is 320 g/mol. The minimum atomic E-state index is 0.426. The molecule has 0 heterocycles. The highest BCUT2D eigenvalue weighted by molar-refractivity contribution is 14.1. The van der Waals surface area contributed by atoms with Crippen LogP contribution in [0.4, 0.5) is 0 Å². The van der Waals surface area contributed by atoms with Crippen molar-refractivity contribution >= 4 is 34.2 Å². The molecule has 0 saturated carbocycles.